The minimum Gasteiger partial charge on any atom is -0.481 e. The Morgan fingerprint density at radius 3 is 2.83 bits per heavy atom. The molecule has 1 aliphatic rings. The van der Waals surface area contributed by atoms with Gasteiger partial charge in [-0.05, 0) is 23.6 Å². The quantitative estimate of drug-likeness (QED) is 0.870. The lowest BCUT2D eigenvalue weighted by atomic mass is 10.1. The predicted octanol–water partition coefficient (Wildman–Crippen LogP) is 1.65. The molecular formula is C14H17N3O. The molecule has 1 aromatic heterocycles. The fraction of sp³-hybridized carbons (Fsp3) is 0.357. The van der Waals surface area contributed by atoms with E-state index in [0.29, 0.717) is 5.88 Å². The summed E-state index contributed by atoms with van der Waals surface area (Å²) in [5.41, 5.74) is 1.25. The van der Waals surface area contributed by atoms with Crippen molar-refractivity contribution in [3.63, 3.8) is 0 Å². The Bertz CT molecular complexity index is 550. The monoisotopic (exact) mass is 243 g/mol. The molecule has 94 valence electrons. The zero-order valence-electron chi connectivity index (χ0n) is 10.5. The first-order valence-corrected chi connectivity index (χ1v) is 6.27. The molecular weight excluding hydrogens is 226 g/mol. The maximum atomic E-state index is 5.33. The zero-order chi connectivity index (χ0) is 12.4. The summed E-state index contributed by atoms with van der Waals surface area (Å²) in [4.78, 5) is 6.65. The van der Waals surface area contributed by atoms with Gasteiger partial charge in [0, 0.05) is 43.4 Å². The van der Waals surface area contributed by atoms with Crippen molar-refractivity contribution in [2.45, 2.75) is 0 Å². The molecule has 0 bridgehead atoms. The van der Waals surface area contributed by atoms with Gasteiger partial charge in [0.15, 0.2) is 0 Å². The second kappa shape index (κ2) is 4.82. The smallest absolute Gasteiger partial charge is 0.221 e. The summed E-state index contributed by atoms with van der Waals surface area (Å²) >= 11 is 0. The second-order valence-electron chi connectivity index (χ2n) is 4.46. The lowest BCUT2D eigenvalue weighted by Gasteiger charge is -2.29. The molecule has 0 atom stereocenters. The molecule has 0 unspecified atom stereocenters. The second-order valence-corrected chi connectivity index (χ2v) is 4.46. The number of methoxy groups -OCH3 is 1. The Balaban J connectivity index is 2.03. The highest BCUT2D eigenvalue weighted by Crippen LogP contribution is 2.27. The van der Waals surface area contributed by atoms with Crippen LogP contribution in [0.5, 0.6) is 5.88 Å². The number of piperazine rings is 1. The van der Waals surface area contributed by atoms with Crippen LogP contribution in [0.2, 0.25) is 0 Å². The van der Waals surface area contributed by atoms with Gasteiger partial charge in [-0.2, -0.15) is 0 Å². The summed E-state index contributed by atoms with van der Waals surface area (Å²) in [6.45, 7) is 4.19. The topological polar surface area (TPSA) is 37.4 Å². The van der Waals surface area contributed by atoms with Crippen LogP contribution in [0.25, 0.3) is 10.8 Å². The predicted molar refractivity (Wildman–Crippen MR) is 73.4 cm³/mol. The van der Waals surface area contributed by atoms with Gasteiger partial charge in [0.2, 0.25) is 5.88 Å². The zero-order valence-corrected chi connectivity index (χ0v) is 10.5. The third kappa shape index (κ3) is 1.99. The van der Waals surface area contributed by atoms with Crippen LogP contribution in [0.3, 0.4) is 0 Å². The van der Waals surface area contributed by atoms with E-state index in [1.54, 1.807) is 13.3 Å². The molecule has 1 N–H and O–H groups in total. The molecule has 0 saturated carbocycles. The molecule has 1 aromatic carbocycles. The Morgan fingerprint density at radius 2 is 2.06 bits per heavy atom. The summed E-state index contributed by atoms with van der Waals surface area (Å²) in [6.07, 6.45) is 1.78. The fourth-order valence-electron chi connectivity index (χ4n) is 2.41. The number of fused-ring (bicyclic) bond motifs is 1. The molecule has 2 heterocycles. The lowest BCUT2D eigenvalue weighted by Crippen LogP contribution is -2.43. The number of rotatable bonds is 2. The Morgan fingerprint density at radius 1 is 1.22 bits per heavy atom. The molecule has 2 aromatic rings. The number of benzene rings is 1. The van der Waals surface area contributed by atoms with Gasteiger partial charge in [-0.1, -0.05) is 6.07 Å². The number of pyridine rings is 1. The first kappa shape index (κ1) is 11.3. The minimum absolute atomic E-state index is 0.699. The van der Waals surface area contributed by atoms with Crippen LogP contribution >= 0.6 is 0 Å². The average molecular weight is 243 g/mol. The maximum absolute atomic E-state index is 5.33. The third-order valence-corrected chi connectivity index (χ3v) is 3.39. The number of anilines is 1. The maximum Gasteiger partial charge on any atom is 0.221 e. The van der Waals surface area contributed by atoms with Crippen LogP contribution in [-0.4, -0.2) is 38.3 Å². The van der Waals surface area contributed by atoms with Crippen molar-refractivity contribution in [3.05, 3.63) is 30.5 Å². The van der Waals surface area contributed by atoms with E-state index in [1.165, 1.54) is 11.1 Å². The van der Waals surface area contributed by atoms with E-state index in [4.69, 9.17) is 4.74 Å². The first-order chi connectivity index (χ1) is 8.88. The molecule has 1 aliphatic heterocycles. The van der Waals surface area contributed by atoms with Gasteiger partial charge in [-0.25, -0.2) is 4.98 Å². The lowest BCUT2D eigenvalue weighted by molar-refractivity contribution is 0.403. The minimum atomic E-state index is 0.699. The fourth-order valence-corrected chi connectivity index (χ4v) is 2.41. The summed E-state index contributed by atoms with van der Waals surface area (Å²) in [6, 6.07) is 8.50. The number of nitrogens with one attached hydrogen (secondary N) is 1. The number of hydrogen-bond acceptors (Lipinski definition) is 4. The SMILES string of the molecule is COc1nccc2ccc(N3CCNCC3)cc12. The van der Waals surface area contributed by atoms with Gasteiger partial charge in [0.25, 0.3) is 0 Å². The molecule has 0 radical (unpaired) electrons. The van der Waals surface area contributed by atoms with E-state index < -0.39 is 0 Å². The van der Waals surface area contributed by atoms with Crippen LogP contribution < -0.4 is 15.0 Å². The molecule has 1 saturated heterocycles. The van der Waals surface area contributed by atoms with Crippen molar-refractivity contribution in [3.8, 4) is 5.88 Å². The summed E-state index contributed by atoms with van der Waals surface area (Å²) in [5, 5.41) is 5.61. The van der Waals surface area contributed by atoms with Gasteiger partial charge >= 0.3 is 0 Å². The van der Waals surface area contributed by atoms with Gasteiger partial charge in [0.1, 0.15) is 0 Å². The number of nitrogens with zero attached hydrogens (tertiary/aromatic N) is 2. The van der Waals surface area contributed by atoms with E-state index in [9.17, 15) is 0 Å². The third-order valence-electron chi connectivity index (χ3n) is 3.39. The average Bonchev–Trinajstić information content (AvgIpc) is 2.47. The Labute approximate surface area is 107 Å². The van der Waals surface area contributed by atoms with E-state index in [-0.39, 0.29) is 0 Å². The van der Waals surface area contributed by atoms with Gasteiger partial charge < -0.3 is 15.0 Å². The highest BCUT2D eigenvalue weighted by atomic mass is 16.5. The summed E-state index contributed by atoms with van der Waals surface area (Å²) < 4.78 is 5.33. The number of hydrogen-bond donors (Lipinski definition) is 1. The van der Waals surface area contributed by atoms with Crippen molar-refractivity contribution in [1.82, 2.24) is 10.3 Å². The van der Waals surface area contributed by atoms with Gasteiger partial charge in [0.05, 0.1) is 7.11 Å². The summed E-state index contributed by atoms with van der Waals surface area (Å²) in [7, 11) is 1.67. The van der Waals surface area contributed by atoms with Crippen LogP contribution in [0, 0.1) is 0 Å². The largest absolute Gasteiger partial charge is 0.481 e. The number of ether oxygens (including phenoxy) is 1. The van der Waals surface area contributed by atoms with Crippen LogP contribution in [0.15, 0.2) is 30.5 Å². The molecule has 0 aliphatic carbocycles. The van der Waals surface area contributed by atoms with E-state index >= 15 is 0 Å². The highest BCUT2D eigenvalue weighted by molar-refractivity contribution is 5.89. The highest BCUT2D eigenvalue weighted by Gasteiger charge is 2.12. The first-order valence-electron chi connectivity index (χ1n) is 6.27. The Kier molecular flexibility index (Phi) is 3.02. The molecule has 0 spiro atoms. The molecule has 4 heteroatoms. The standard InChI is InChI=1S/C14H17N3O/c1-18-14-13-10-12(17-8-6-15-7-9-17)3-2-11(13)4-5-16-14/h2-5,10,15H,6-9H2,1H3. The van der Waals surface area contributed by atoms with Crippen LogP contribution in [-0.2, 0) is 0 Å². The van der Waals surface area contributed by atoms with E-state index in [2.05, 4.69) is 33.4 Å². The molecule has 0 amide bonds. The Hall–Kier alpha value is -1.81. The van der Waals surface area contributed by atoms with Gasteiger partial charge in [-0.3, -0.25) is 0 Å². The van der Waals surface area contributed by atoms with Crippen LogP contribution in [0.4, 0.5) is 5.69 Å². The number of aromatic nitrogens is 1. The molecule has 1 fully saturated rings. The van der Waals surface area contributed by atoms with E-state index in [1.807, 2.05) is 6.07 Å². The van der Waals surface area contributed by atoms with Crippen LogP contribution in [0.1, 0.15) is 0 Å². The van der Waals surface area contributed by atoms with Crippen molar-refractivity contribution < 1.29 is 4.74 Å². The van der Waals surface area contributed by atoms with Crippen molar-refractivity contribution in [1.29, 1.82) is 0 Å². The van der Waals surface area contributed by atoms with Crippen molar-refractivity contribution >= 4 is 16.5 Å². The summed E-state index contributed by atoms with van der Waals surface area (Å²) in [5.74, 6) is 0.699. The molecule has 4 nitrogen and oxygen atoms in total. The van der Waals surface area contributed by atoms with E-state index in [0.717, 1.165) is 31.6 Å². The van der Waals surface area contributed by atoms with Crippen molar-refractivity contribution in [2.24, 2.45) is 0 Å². The molecule has 3 rings (SSSR count). The van der Waals surface area contributed by atoms with Gasteiger partial charge in [-0.15, -0.1) is 0 Å². The normalized spacial score (nSPS) is 15.9. The van der Waals surface area contributed by atoms with Crippen molar-refractivity contribution in [2.75, 3.05) is 38.2 Å². The molecule has 18 heavy (non-hydrogen) atoms.